The summed E-state index contributed by atoms with van der Waals surface area (Å²) in [4.78, 5) is 0.0865. The molecule has 2 rings (SSSR count). The van der Waals surface area contributed by atoms with Crippen molar-refractivity contribution in [2.24, 2.45) is 0 Å². The van der Waals surface area contributed by atoms with E-state index >= 15 is 0 Å². The minimum atomic E-state index is -3.68. The summed E-state index contributed by atoms with van der Waals surface area (Å²) in [5.41, 5.74) is 6.07. The van der Waals surface area contributed by atoms with Crippen LogP contribution in [0.1, 0.15) is 13.8 Å². The lowest BCUT2D eigenvalue weighted by Gasteiger charge is -2.35. The molecule has 0 saturated carbocycles. The molecule has 2 N–H and O–H groups in total. The Morgan fingerprint density at radius 3 is 2.75 bits per heavy atom. The average Bonchev–Trinajstić information content (AvgIpc) is 2.36. The van der Waals surface area contributed by atoms with Crippen molar-refractivity contribution in [1.82, 2.24) is 4.31 Å². The number of hydrogen-bond donors (Lipinski definition) is 1. The summed E-state index contributed by atoms with van der Waals surface area (Å²) >= 11 is 9.15. The molecule has 0 spiro atoms. The minimum absolute atomic E-state index is 0.0865. The molecule has 1 aliphatic heterocycles. The van der Waals surface area contributed by atoms with Crippen LogP contribution in [0.5, 0.6) is 0 Å². The topological polar surface area (TPSA) is 72.6 Å². The lowest BCUT2D eigenvalue weighted by atomic mass is 10.2. The van der Waals surface area contributed by atoms with E-state index in [1.165, 1.54) is 16.4 Å². The SMILES string of the molecule is CC1CN(S(=O)(=O)c2cc(Cl)cc(N)c2Br)C(C)CO1. The van der Waals surface area contributed by atoms with E-state index in [0.717, 1.165) is 0 Å². The van der Waals surface area contributed by atoms with Crippen molar-refractivity contribution >= 4 is 43.2 Å². The van der Waals surface area contributed by atoms with Gasteiger partial charge in [-0.25, -0.2) is 8.42 Å². The molecule has 0 bridgehead atoms. The first-order chi connectivity index (χ1) is 9.23. The van der Waals surface area contributed by atoms with Gasteiger partial charge in [0.05, 0.1) is 22.1 Å². The third-order valence-corrected chi connectivity index (χ3v) is 6.54. The molecule has 8 heteroatoms. The van der Waals surface area contributed by atoms with Gasteiger partial charge in [-0.15, -0.1) is 0 Å². The van der Waals surface area contributed by atoms with Crippen molar-refractivity contribution in [3.8, 4) is 0 Å². The fraction of sp³-hybridized carbons (Fsp3) is 0.500. The van der Waals surface area contributed by atoms with E-state index in [2.05, 4.69) is 15.9 Å². The number of benzene rings is 1. The van der Waals surface area contributed by atoms with Gasteiger partial charge in [0.1, 0.15) is 0 Å². The molecule has 1 fully saturated rings. The second kappa shape index (κ2) is 5.81. The molecule has 1 heterocycles. The predicted molar refractivity (Wildman–Crippen MR) is 82.3 cm³/mol. The third-order valence-electron chi connectivity index (χ3n) is 3.17. The highest BCUT2D eigenvalue weighted by Crippen LogP contribution is 2.34. The fourth-order valence-electron chi connectivity index (χ4n) is 2.11. The fourth-order valence-corrected chi connectivity index (χ4v) is 5.05. The van der Waals surface area contributed by atoms with Crippen molar-refractivity contribution in [2.45, 2.75) is 30.9 Å². The zero-order valence-electron chi connectivity index (χ0n) is 11.1. The predicted octanol–water partition coefficient (Wildman–Crippen LogP) is 2.48. The highest BCUT2D eigenvalue weighted by Gasteiger charge is 2.35. The Hall–Kier alpha value is -0.340. The lowest BCUT2D eigenvalue weighted by Crippen LogP contribution is -2.50. The van der Waals surface area contributed by atoms with Gasteiger partial charge in [-0.3, -0.25) is 0 Å². The summed E-state index contributed by atoms with van der Waals surface area (Å²) in [6, 6.07) is 2.68. The molecule has 5 nitrogen and oxygen atoms in total. The van der Waals surface area contributed by atoms with Gasteiger partial charge < -0.3 is 10.5 Å². The average molecular weight is 384 g/mol. The molecule has 1 saturated heterocycles. The summed E-state index contributed by atoms with van der Waals surface area (Å²) in [7, 11) is -3.68. The van der Waals surface area contributed by atoms with Crippen LogP contribution in [-0.2, 0) is 14.8 Å². The first kappa shape index (κ1) is 16.0. The molecule has 2 unspecified atom stereocenters. The van der Waals surface area contributed by atoms with Crippen LogP contribution < -0.4 is 5.73 Å². The van der Waals surface area contributed by atoms with E-state index in [1.807, 2.05) is 13.8 Å². The molecule has 1 aromatic carbocycles. The van der Waals surface area contributed by atoms with Gasteiger partial charge in [0, 0.05) is 23.3 Å². The molecular weight excluding hydrogens is 368 g/mol. The lowest BCUT2D eigenvalue weighted by molar-refractivity contribution is -0.0170. The Labute approximate surface area is 132 Å². The third kappa shape index (κ3) is 2.96. The molecule has 112 valence electrons. The van der Waals surface area contributed by atoms with E-state index < -0.39 is 10.0 Å². The van der Waals surface area contributed by atoms with Crippen molar-refractivity contribution in [1.29, 1.82) is 0 Å². The Kier molecular flexibility index (Phi) is 4.66. The zero-order valence-corrected chi connectivity index (χ0v) is 14.3. The summed E-state index contributed by atoms with van der Waals surface area (Å²) in [6.45, 7) is 4.33. The van der Waals surface area contributed by atoms with Crippen LogP contribution in [0, 0.1) is 0 Å². The number of nitrogens with zero attached hydrogens (tertiary/aromatic N) is 1. The smallest absolute Gasteiger partial charge is 0.244 e. The second-order valence-electron chi connectivity index (χ2n) is 4.87. The van der Waals surface area contributed by atoms with Crippen LogP contribution in [0.3, 0.4) is 0 Å². The number of anilines is 1. The van der Waals surface area contributed by atoms with Gasteiger partial charge in [0.25, 0.3) is 0 Å². The Morgan fingerprint density at radius 2 is 2.10 bits per heavy atom. The standard InChI is InChI=1S/C12H16BrClN2O3S/c1-7-6-19-8(2)5-16(7)20(17,18)11-4-9(14)3-10(15)12(11)13/h3-4,7-8H,5-6,15H2,1-2H3. The number of sulfonamides is 1. The van der Waals surface area contributed by atoms with Crippen molar-refractivity contribution in [2.75, 3.05) is 18.9 Å². The molecule has 1 aliphatic rings. The van der Waals surface area contributed by atoms with Crippen molar-refractivity contribution < 1.29 is 13.2 Å². The second-order valence-corrected chi connectivity index (χ2v) is 7.96. The van der Waals surface area contributed by atoms with Crippen LogP contribution in [-0.4, -0.2) is 38.0 Å². The summed E-state index contributed by atoms with van der Waals surface area (Å²) in [5.74, 6) is 0. The molecule has 0 aromatic heterocycles. The summed E-state index contributed by atoms with van der Waals surface area (Å²) in [6.07, 6.45) is -0.142. The van der Waals surface area contributed by atoms with Gasteiger partial charge >= 0.3 is 0 Å². The van der Waals surface area contributed by atoms with Crippen LogP contribution in [0.15, 0.2) is 21.5 Å². The number of halogens is 2. The molecule has 0 radical (unpaired) electrons. The normalized spacial score (nSPS) is 24.8. The van der Waals surface area contributed by atoms with Gasteiger partial charge in [-0.2, -0.15) is 4.31 Å². The van der Waals surface area contributed by atoms with Crippen molar-refractivity contribution in [3.05, 3.63) is 21.6 Å². The van der Waals surface area contributed by atoms with Gasteiger partial charge in [-0.05, 0) is 41.9 Å². The van der Waals surface area contributed by atoms with Crippen LogP contribution in [0.2, 0.25) is 5.02 Å². The maximum atomic E-state index is 12.8. The van der Waals surface area contributed by atoms with Gasteiger partial charge in [0.15, 0.2) is 0 Å². The molecule has 0 amide bonds. The number of ether oxygens (including phenoxy) is 1. The first-order valence-corrected chi connectivity index (χ1v) is 8.72. The van der Waals surface area contributed by atoms with E-state index in [4.69, 9.17) is 22.1 Å². The van der Waals surface area contributed by atoms with Crippen molar-refractivity contribution in [3.63, 3.8) is 0 Å². The number of nitrogen functional groups attached to an aromatic ring is 1. The molecule has 0 aliphatic carbocycles. The van der Waals surface area contributed by atoms with E-state index in [1.54, 1.807) is 0 Å². The highest BCUT2D eigenvalue weighted by atomic mass is 79.9. The maximum absolute atomic E-state index is 12.8. The Balaban J connectivity index is 2.50. The monoisotopic (exact) mass is 382 g/mol. The van der Waals surface area contributed by atoms with Gasteiger partial charge in [-0.1, -0.05) is 11.6 Å². The van der Waals surface area contributed by atoms with Crippen LogP contribution in [0.25, 0.3) is 0 Å². The molecular formula is C12H16BrClN2O3S. The number of nitrogens with two attached hydrogens (primary N) is 1. The van der Waals surface area contributed by atoms with E-state index in [0.29, 0.717) is 28.3 Å². The van der Waals surface area contributed by atoms with E-state index in [9.17, 15) is 8.42 Å². The number of morpholine rings is 1. The van der Waals surface area contributed by atoms with E-state index in [-0.39, 0.29) is 17.0 Å². The summed E-state index contributed by atoms with van der Waals surface area (Å²) in [5, 5.41) is 0.290. The van der Waals surface area contributed by atoms with Crippen LogP contribution >= 0.6 is 27.5 Å². The number of hydrogen-bond acceptors (Lipinski definition) is 4. The largest absolute Gasteiger partial charge is 0.398 e. The minimum Gasteiger partial charge on any atom is -0.398 e. The summed E-state index contributed by atoms with van der Waals surface area (Å²) < 4.78 is 32.8. The zero-order chi connectivity index (χ0) is 15.1. The molecule has 2 atom stereocenters. The highest BCUT2D eigenvalue weighted by molar-refractivity contribution is 9.10. The maximum Gasteiger partial charge on any atom is 0.244 e. The molecule has 20 heavy (non-hydrogen) atoms. The quantitative estimate of drug-likeness (QED) is 0.796. The molecule has 1 aromatic rings. The first-order valence-electron chi connectivity index (χ1n) is 6.11. The van der Waals surface area contributed by atoms with Gasteiger partial charge in [0.2, 0.25) is 10.0 Å². The Morgan fingerprint density at radius 1 is 1.45 bits per heavy atom. The number of rotatable bonds is 2. The van der Waals surface area contributed by atoms with Crippen LogP contribution in [0.4, 0.5) is 5.69 Å². The Bertz CT molecular complexity index is 623.